The smallest absolute Gasteiger partial charge is 0.282 e. The van der Waals surface area contributed by atoms with E-state index in [-0.39, 0.29) is 11.7 Å². The van der Waals surface area contributed by atoms with Crippen LogP contribution in [-0.4, -0.2) is 28.6 Å². The van der Waals surface area contributed by atoms with E-state index in [4.69, 9.17) is 30.5 Å². The van der Waals surface area contributed by atoms with E-state index in [1.807, 2.05) is 57.2 Å². The zero-order valence-electron chi connectivity index (χ0n) is 20.8. The standard InChI is InChI=1S/C29H26ClN3O4/c1-4-18(3)36-27-22(30)14-19(15-25(27)35-5-2)17-31-33-28(26-16-20-10-6-9-13-24(20)37-26)32-23-12-8-7-11-21(23)29(33)34/h6-18H,4-5H2,1-3H3/t18-/m0/s1. The Bertz CT molecular complexity index is 1640. The van der Waals surface area contributed by atoms with Gasteiger partial charge in [-0.2, -0.15) is 9.78 Å². The van der Waals surface area contributed by atoms with Gasteiger partial charge in [-0.05, 0) is 62.2 Å². The van der Waals surface area contributed by atoms with Gasteiger partial charge in [0, 0.05) is 5.39 Å². The molecule has 0 aliphatic heterocycles. The number of hydrogen-bond donors (Lipinski definition) is 0. The Balaban J connectivity index is 1.63. The number of para-hydroxylation sites is 2. The van der Waals surface area contributed by atoms with E-state index in [2.05, 4.69) is 5.10 Å². The summed E-state index contributed by atoms with van der Waals surface area (Å²) in [7, 11) is 0. The fraction of sp³-hybridized carbons (Fsp3) is 0.207. The van der Waals surface area contributed by atoms with Gasteiger partial charge in [0.25, 0.3) is 5.56 Å². The van der Waals surface area contributed by atoms with Gasteiger partial charge in [0.1, 0.15) is 5.58 Å². The fourth-order valence-corrected chi connectivity index (χ4v) is 4.19. The fourth-order valence-electron chi connectivity index (χ4n) is 3.93. The number of fused-ring (bicyclic) bond motifs is 2. The van der Waals surface area contributed by atoms with E-state index in [9.17, 15) is 4.79 Å². The molecule has 1 atom stereocenters. The molecule has 5 rings (SSSR count). The maximum absolute atomic E-state index is 13.5. The predicted octanol–water partition coefficient (Wildman–Crippen LogP) is 6.92. The lowest BCUT2D eigenvalue weighted by Gasteiger charge is -2.18. The number of halogens is 1. The summed E-state index contributed by atoms with van der Waals surface area (Å²) in [6, 6.07) is 20.1. The molecule has 0 amide bonds. The van der Waals surface area contributed by atoms with Crippen molar-refractivity contribution in [2.75, 3.05) is 6.61 Å². The Kier molecular flexibility index (Phi) is 6.97. The second-order valence-corrected chi connectivity index (χ2v) is 8.97. The predicted molar refractivity (Wildman–Crippen MR) is 147 cm³/mol. The monoisotopic (exact) mass is 515 g/mol. The third-order valence-electron chi connectivity index (χ3n) is 5.95. The normalized spacial score (nSPS) is 12.4. The Morgan fingerprint density at radius 2 is 1.89 bits per heavy atom. The van der Waals surface area contributed by atoms with Crippen LogP contribution in [0.3, 0.4) is 0 Å². The van der Waals surface area contributed by atoms with Crippen LogP contribution in [0.15, 0.2) is 81.0 Å². The van der Waals surface area contributed by atoms with Crippen molar-refractivity contribution in [2.24, 2.45) is 5.10 Å². The van der Waals surface area contributed by atoms with Gasteiger partial charge in [-0.25, -0.2) is 4.98 Å². The topological polar surface area (TPSA) is 78.9 Å². The second-order valence-electron chi connectivity index (χ2n) is 8.56. The number of aromatic nitrogens is 2. The zero-order chi connectivity index (χ0) is 25.9. The van der Waals surface area contributed by atoms with Gasteiger partial charge >= 0.3 is 0 Å². The molecule has 0 aliphatic rings. The van der Waals surface area contributed by atoms with Crippen LogP contribution in [-0.2, 0) is 0 Å². The first-order valence-electron chi connectivity index (χ1n) is 12.2. The van der Waals surface area contributed by atoms with Crippen molar-refractivity contribution in [1.29, 1.82) is 0 Å². The molecule has 0 saturated carbocycles. The Labute approximate surface area is 218 Å². The largest absolute Gasteiger partial charge is 0.490 e. The van der Waals surface area contributed by atoms with Crippen LogP contribution in [0.4, 0.5) is 0 Å². The van der Waals surface area contributed by atoms with Crippen molar-refractivity contribution in [3.63, 3.8) is 0 Å². The molecule has 0 N–H and O–H groups in total. The van der Waals surface area contributed by atoms with Gasteiger partial charge in [-0.1, -0.05) is 48.9 Å². The average molecular weight is 516 g/mol. The summed E-state index contributed by atoms with van der Waals surface area (Å²) < 4.78 is 19.1. The maximum Gasteiger partial charge on any atom is 0.282 e. The Morgan fingerprint density at radius 3 is 2.68 bits per heavy atom. The number of rotatable bonds is 8. The molecule has 5 aromatic rings. The molecular weight excluding hydrogens is 490 g/mol. The number of furan rings is 1. The highest BCUT2D eigenvalue weighted by atomic mass is 35.5. The summed E-state index contributed by atoms with van der Waals surface area (Å²) in [5.74, 6) is 1.73. The van der Waals surface area contributed by atoms with Gasteiger partial charge in [-0.15, -0.1) is 0 Å². The third-order valence-corrected chi connectivity index (χ3v) is 6.23. The summed E-state index contributed by atoms with van der Waals surface area (Å²) in [6.07, 6.45) is 2.35. The summed E-state index contributed by atoms with van der Waals surface area (Å²) in [4.78, 5) is 18.2. The highest BCUT2D eigenvalue weighted by Crippen LogP contribution is 2.37. The van der Waals surface area contributed by atoms with Crippen molar-refractivity contribution in [3.8, 4) is 23.1 Å². The molecular formula is C29H26ClN3O4. The van der Waals surface area contributed by atoms with Crippen molar-refractivity contribution >= 4 is 39.7 Å². The highest BCUT2D eigenvalue weighted by molar-refractivity contribution is 6.32. The molecule has 0 spiro atoms. The van der Waals surface area contributed by atoms with Crippen molar-refractivity contribution < 1.29 is 13.9 Å². The van der Waals surface area contributed by atoms with Gasteiger partial charge in [-0.3, -0.25) is 4.79 Å². The zero-order valence-corrected chi connectivity index (χ0v) is 21.5. The molecule has 0 unspecified atom stereocenters. The molecule has 0 aliphatic carbocycles. The first kappa shape index (κ1) is 24.6. The van der Waals surface area contributed by atoms with Gasteiger partial charge in [0.2, 0.25) is 5.82 Å². The molecule has 7 nitrogen and oxygen atoms in total. The molecule has 8 heteroatoms. The van der Waals surface area contributed by atoms with Gasteiger partial charge in [0.15, 0.2) is 17.3 Å². The van der Waals surface area contributed by atoms with Crippen molar-refractivity contribution in [3.05, 3.63) is 87.7 Å². The van der Waals surface area contributed by atoms with E-state index >= 15 is 0 Å². The summed E-state index contributed by atoms with van der Waals surface area (Å²) in [6.45, 7) is 6.34. The molecule has 188 valence electrons. The number of benzene rings is 3. The lowest BCUT2D eigenvalue weighted by Crippen LogP contribution is -2.20. The van der Waals surface area contributed by atoms with E-state index < -0.39 is 0 Å². The summed E-state index contributed by atoms with van der Waals surface area (Å²) in [5.41, 5.74) is 1.58. The first-order chi connectivity index (χ1) is 18.0. The lowest BCUT2D eigenvalue weighted by molar-refractivity contribution is 0.203. The van der Waals surface area contributed by atoms with E-state index in [1.54, 1.807) is 36.5 Å². The van der Waals surface area contributed by atoms with Gasteiger partial charge < -0.3 is 13.9 Å². The Morgan fingerprint density at radius 1 is 1.11 bits per heavy atom. The van der Waals surface area contributed by atoms with Crippen molar-refractivity contribution in [2.45, 2.75) is 33.3 Å². The number of ether oxygens (including phenoxy) is 2. The van der Waals surface area contributed by atoms with Crippen LogP contribution >= 0.6 is 11.6 Å². The van der Waals surface area contributed by atoms with Crippen LogP contribution in [0.2, 0.25) is 5.02 Å². The SMILES string of the molecule is CCOc1cc(C=Nn2c(-c3cc4ccccc4o3)nc3ccccc3c2=O)cc(Cl)c1O[C@@H](C)CC. The molecule has 0 fully saturated rings. The quantitative estimate of drug-likeness (QED) is 0.209. The lowest BCUT2D eigenvalue weighted by atomic mass is 10.2. The molecule has 37 heavy (non-hydrogen) atoms. The van der Waals surface area contributed by atoms with E-state index in [0.717, 1.165) is 11.8 Å². The highest BCUT2D eigenvalue weighted by Gasteiger charge is 2.17. The molecule has 0 bridgehead atoms. The van der Waals surface area contributed by atoms with Crippen LogP contribution in [0.1, 0.15) is 32.8 Å². The van der Waals surface area contributed by atoms with Crippen LogP contribution in [0.25, 0.3) is 33.5 Å². The minimum atomic E-state index is -0.315. The average Bonchev–Trinajstić information content (AvgIpc) is 3.34. The van der Waals surface area contributed by atoms with Crippen LogP contribution in [0.5, 0.6) is 11.5 Å². The van der Waals surface area contributed by atoms with Crippen LogP contribution in [0, 0.1) is 0 Å². The van der Waals surface area contributed by atoms with Crippen LogP contribution < -0.4 is 15.0 Å². The molecule has 0 saturated heterocycles. The summed E-state index contributed by atoms with van der Waals surface area (Å²) >= 11 is 6.57. The molecule has 3 aromatic carbocycles. The van der Waals surface area contributed by atoms with E-state index in [1.165, 1.54) is 4.68 Å². The minimum absolute atomic E-state index is 0.0233. The second kappa shape index (κ2) is 10.5. The van der Waals surface area contributed by atoms with Crippen molar-refractivity contribution in [1.82, 2.24) is 9.66 Å². The molecule has 2 aromatic heterocycles. The molecule has 0 radical (unpaired) electrons. The third kappa shape index (κ3) is 4.95. The summed E-state index contributed by atoms with van der Waals surface area (Å²) in [5, 5.41) is 6.27. The minimum Gasteiger partial charge on any atom is -0.490 e. The first-order valence-corrected chi connectivity index (χ1v) is 12.5. The molecule has 2 heterocycles. The number of hydrogen-bond acceptors (Lipinski definition) is 6. The maximum atomic E-state index is 13.5. The van der Waals surface area contributed by atoms with E-state index in [0.29, 0.717) is 56.8 Å². The Hall–Kier alpha value is -4.10. The van der Waals surface area contributed by atoms with Gasteiger partial charge in [0.05, 0.1) is 34.9 Å². The number of nitrogens with zero attached hydrogens (tertiary/aromatic N) is 3.